The Morgan fingerprint density at radius 1 is 1.14 bits per heavy atom. The van der Waals surface area contributed by atoms with Crippen LogP contribution in [0.1, 0.15) is 50.9 Å². The van der Waals surface area contributed by atoms with Crippen molar-refractivity contribution in [3.05, 3.63) is 29.8 Å². The van der Waals surface area contributed by atoms with Crippen LogP contribution in [0.5, 0.6) is 0 Å². The molecule has 0 aliphatic rings. The van der Waals surface area contributed by atoms with Gasteiger partial charge in [-0.25, -0.2) is 0 Å². The van der Waals surface area contributed by atoms with Crippen LogP contribution in [-0.4, -0.2) is 35.6 Å². The lowest BCUT2D eigenvalue weighted by atomic mass is 9.97. The van der Waals surface area contributed by atoms with E-state index in [0.717, 1.165) is 18.8 Å². The quantitative estimate of drug-likeness (QED) is 0.775. The van der Waals surface area contributed by atoms with Crippen LogP contribution < -0.4 is 10.2 Å². The van der Waals surface area contributed by atoms with Crippen LogP contribution in [0.25, 0.3) is 0 Å². The molecule has 0 saturated carbocycles. The monoisotopic (exact) mass is 306 g/mol. The van der Waals surface area contributed by atoms with Gasteiger partial charge < -0.3 is 15.3 Å². The van der Waals surface area contributed by atoms with E-state index in [4.69, 9.17) is 5.11 Å². The minimum Gasteiger partial charge on any atom is -0.481 e. The smallest absolute Gasteiger partial charge is 0.303 e. The van der Waals surface area contributed by atoms with E-state index >= 15 is 0 Å². The SMILES string of the molecule is CCN(CC)c1ccc(C(=O)NC(C)(C)CCC(=O)O)cc1. The van der Waals surface area contributed by atoms with Crippen molar-refractivity contribution >= 4 is 17.6 Å². The van der Waals surface area contributed by atoms with Gasteiger partial charge in [0.2, 0.25) is 0 Å². The predicted octanol–water partition coefficient (Wildman–Crippen LogP) is 2.91. The van der Waals surface area contributed by atoms with Crippen molar-refractivity contribution in [1.29, 1.82) is 0 Å². The van der Waals surface area contributed by atoms with Gasteiger partial charge in [-0.05, 0) is 58.4 Å². The molecule has 5 nitrogen and oxygen atoms in total. The second-order valence-electron chi connectivity index (χ2n) is 5.95. The molecule has 2 N–H and O–H groups in total. The van der Waals surface area contributed by atoms with Crippen molar-refractivity contribution in [2.75, 3.05) is 18.0 Å². The van der Waals surface area contributed by atoms with Gasteiger partial charge in [-0.3, -0.25) is 9.59 Å². The highest BCUT2D eigenvalue weighted by atomic mass is 16.4. The van der Waals surface area contributed by atoms with Crippen molar-refractivity contribution in [1.82, 2.24) is 5.32 Å². The van der Waals surface area contributed by atoms with E-state index in [1.165, 1.54) is 0 Å². The average Bonchev–Trinajstić information content (AvgIpc) is 2.47. The average molecular weight is 306 g/mol. The molecule has 1 aromatic carbocycles. The van der Waals surface area contributed by atoms with Crippen LogP contribution >= 0.6 is 0 Å². The molecule has 0 aromatic heterocycles. The number of aliphatic carboxylic acids is 1. The molecule has 0 saturated heterocycles. The maximum atomic E-state index is 12.3. The highest BCUT2D eigenvalue weighted by Gasteiger charge is 2.22. The van der Waals surface area contributed by atoms with Gasteiger partial charge in [0.1, 0.15) is 0 Å². The molecule has 0 radical (unpaired) electrons. The zero-order chi connectivity index (χ0) is 16.8. The van der Waals surface area contributed by atoms with Gasteiger partial charge in [0.15, 0.2) is 0 Å². The van der Waals surface area contributed by atoms with Crippen molar-refractivity contribution in [2.45, 2.75) is 46.1 Å². The topological polar surface area (TPSA) is 69.6 Å². The van der Waals surface area contributed by atoms with E-state index in [2.05, 4.69) is 24.1 Å². The molecule has 0 aliphatic heterocycles. The zero-order valence-electron chi connectivity index (χ0n) is 13.8. The number of carbonyl (C=O) groups excluding carboxylic acids is 1. The summed E-state index contributed by atoms with van der Waals surface area (Å²) >= 11 is 0. The summed E-state index contributed by atoms with van der Waals surface area (Å²) in [6, 6.07) is 7.48. The highest BCUT2D eigenvalue weighted by Crippen LogP contribution is 2.17. The summed E-state index contributed by atoms with van der Waals surface area (Å²) in [6.07, 6.45) is 0.430. The van der Waals surface area contributed by atoms with Crippen LogP contribution in [0.3, 0.4) is 0 Å². The number of amides is 1. The summed E-state index contributed by atoms with van der Waals surface area (Å²) in [4.78, 5) is 25.1. The molecule has 0 aliphatic carbocycles. The first-order chi connectivity index (χ1) is 10.3. The van der Waals surface area contributed by atoms with Crippen LogP contribution in [-0.2, 0) is 4.79 Å². The zero-order valence-corrected chi connectivity index (χ0v) is 13.8. The predicted molar refractivity (Wildman–Crippen MR) is 88.4 cm³/mol. The Balaban J connectivity index is 2.71. The fourth-order valence-electron chi connectivity index (χ4n) is 2.27. The summed E-state index contributed by atoms with van der Waals surface area (Å²) in [5.74, 6) is -1.03. The van der Waals surface area contributed by atoms with Gasteiger partial charge in [-0.1, -0.05) is 0 Å². The summed E-state index contributed by atoms with van der Waals surface area (Å²) in [5, 5.41) is 11.6. The molecule has 0 bridgehead atoms. The maximum Gasteiger partial charge on any atom is 0.303 e. The molecule has 122 valence electrons. The summed E-state index contributed by atoms with van der Waals surface area (Å²) in [7, 11) is 0. The summed E-state index contributed by atoms with van der Waals surface area (Å²) in [5.41, 5.74) is 1.12. The maximum absolute atomic E-state index is 12.3. The standard InChI is InChI=1S/C17H26N2O3/c1-5-19(6-2)14-9-7-13(8-10-14)16(22)18-17(3,4)12-11-15(20)21/h7-10H,5-6,11-12H2,1-4H3,(H,18,22)(H,20,21). The van der Waals surface area contributed by atoms with Gasteiger partial charge in [0.05, 0.1) is 0 Å². The third-order valence-corrected chi connectivity index (χ3v) is 3.67. The molecule has 0 spiro atoms. The van der Waals surface area contributed by atoms with Crippen molar-refractivity contribution in [3.8, 4) is 0 Å². The number of hydrogen-bond donors (Lipinski definition) is 2. The van der Waals surface area contributed by atoms with E-state index in [1.54, 1.807) is 12.1 Å². The van der Waals surface area contributed by atoms with Gasteiger partial charge in [0.25, 0.3) is 5.91 Å². The summed E-state index contributed by atoms with van der Waals surface area (Å²) < 4.78 is 0. The van der Waals surface area contributed by atoms with Crippen LogP contribution in [0.2, 0.25) is 0 Å². The largest absolute Gasteiger partial charge is 0.481 e. The molecular weight excluding hydrogens is 280 g/mol. The second-order valence-corrected chi connectivity index (χ2v) is 5.95. The van der Waals surface area contributed by atoms with E-state index in [-0.39, 0.29) is 12.3 Å². The molecule has 1 amide bonds. The number of anilines is 1. The molecule has 1 aromatic rings. The fourth-order valence-corrected chi connectivity index (χ4v) is 2.27. The van der Waals surface area contributed by atoms with Gasteiger partial charge in [-0.15, -0.1) is 0 Å². The van der Waals surface area contributed by atoms with E-state index in [9.17, 15) is 9.59 Å². The molecule has 1 rings (SSSR count). The second kappa shape index (κ2) is 7.82. The minimum atomic E-state index is -0.856. The molecule has 22 heavy (non-hydrogen) atoms. The van der Waals surface area contributed by atoms with Crippen LogP contribution in [0.4, 0.5) is 5.69 Å². The first kappa shape index (κ1) is 18.0. The first-order valence-corrected chi connectivity index (χ1v) is 7.68. The Bertz CT molecular complexity index is 505. The first-order valence-electron chi connectivity index (χ1n) is 7.68. The highest BCUT2D eigenvalue weighted by molar-refractivity contribution is 5.95. The van der Waals surface area contributed by atoms with Crippen LogP contribution in [0.15, 0.2) is 24.3 Å². The van der Waals surface area contributed by atoms with Crippen molar-refractivity contribution in [3.63, 3.8) is 0 Å². The molecule has 0 unspecified atom stereocenters. The van der Waals surface area contributed by atoms with E-state index in [1.807, 2.05) is 26.0 Å². The van der Waals surface area contributed by atoms with Crippen molar-refractivity contribution < 1.29 is 14.7 Å². The third-order valence-electron chi connectivity index (χ3n) is 3.67. The molecular formula is C17H26N2O3. The molecule has 0 fully saturated rings. The normalized spacial score (nSPS) is 11.1. The van der Waals surface area contributed by atoms with Gasteiger partial charge in [-0.2, -0.15) is 0 Å². The van der Waals surface area contributed by atoms with E-state index in [0.29, 0.717) is 12.0 Å². The van der Waals surface area contributed by atoms with Crippen molar-refractivity contribution in [2.24, 2.45) is 0 Å². The van der Waals surface area contributed by atoms with Gasteiger partial charge >= 0.3 is 5.97 Å². The Hall–Kier alpha value is -2.04. The Kier molecular flexibility index (Phi) is 6.40. The number of nitrogens with one attached hydrogen (secondary N) is 1. The lowest BCUT2D eigenvalue weighted by molar-refractivity contribution is -0.137. The summed E-state index contributed by atoms with van der Waals surface area (Å²) in [6.45, 7) is 9.69. The van der Waals surface area contributed by atoms with E-state index < -0.39 is 11.5 Å². The molecule has 0 heterocycles. The third kappa shape index (κ3) is 5.39. The fraction of sp³-hybridized carbons (Fsp3) is 0.529. The minimum absolute atomic E-state index is 0.0359. The number of hydrogen-bond acceptors (Lipinski definition) is 3. The number of rotatable bonds is 8. The Morgan fingerprint density at radius 3 is 2.14 bits per heavy atom. The Labute approximate surface area is 132 Å². The number of carboxylic acids is 1. The lowest BCUT2D eigenvalue weighted by Gasteiger charge is -2.26. The lowest BCUT2D eigenvalue weighted by Crippen LogP contribution is -2.43. The number of carbonyl (C=O) groups is 2. The number of nitrogens with zero attached hydrogens (tertiary/aromatic N) is 1. The number of benzene rings is 1. The number of carboxylic acid groups (broad SMARTS) is 1. The molecule has 5 heteroatoms. The molecule has 0 atom stereocenters. The van der Waals surface area contributed by atoms with Gasteiger partial charge in [0, 0.05) is 36.3 Å². The Morgan fingerprint density at radius 2 is 1.68 bits per heavy atom. The van der Waals surface area contributed by atoms with Crippen LogP contribution in [0, 0.1) is 0 Å².